The number of oxazole rings is 1. The zero-order valence-corrected chi connectivity index (χ0v) is 14.8. The number of rotatable bonds is 4. The Morgan fingerprint density at radius 1 is 1.04 bits per heavy atom. The van der Waals surface area contributed by atoms with Gasteiger partial charge in [0.05, 0.1) is 5.56 Å². The summed E-state index contributed by atoms with van der Waals surface area (Å²) in [6.07, 6.45) is 3.43. The van der Waals surface area contributed by atoms with Crippen molar-refractivity contribution in [2.75, 3.05) is 5.32 Å². The highest BCUT2D eigenvalue weighted by atomic mass is 16.3. The number of nitrogens with zero attached hydrogens (tertiary/aromatic N) is 2. The predicted molar refractivity (Wildman–Crippen MR) is 109 cm³/mol. The van der Waals surface area contributed by atoms with Gasteiger partial charge in [0.1, 0.15) is 5.52 Å². The Kier molecular flexibility index (Phi) is 3.87. The maximum atomic E-state index is 12.3. The first-order valence-electron chi connectivity index (χ1n) is 8.92. The number of hydrogen-bond acceptors (Lipinski definition) is 5. The molecule has 2 aromatic carbocycles. The fourth-order valence-electron chi connectivity index (χ4n) is 3.17. The molecule has 0 unspecified atom stereocenters. The van der Waals surface area contributed by atoms with Crippen molar-refractivity contribution in [2.24, 2.45) is 0 Å². The van der Waals surface area contributed by atoms with E-state index in [4.69, 9.17) is 4.42 Å². The Hall–Kier alpha value is -3.93. The van der Waals surface area contributed by atoms with Gasteiger partial charge in [0.25, 0.3) is 5.56 Å². The summed E-state index contributed by atoms with van der Waals surface area (Å²) in [7, 11) is 0. The van der Waals surface area contributed by atoms with E-state index < -0.39 is 0 Å². The number of nitrogens with one attached hydrogen (secondary N) is 2. The number of para-hydroxylation sites is 1. The molecule has 136 valence electrons. The smallest absolute Gasteiger partial charge is 0.253 e. The molecule has 0 radical (unpaired) electrons. The zero-order chi connectivity index (χ0) is 18.9. The van der Waals surface area contributed by atoms with Crippen molar-refractivity contribution in [3.8, 4) is 11.5 Å². The first-order valence-corrected chi connectivity index (χ1v) is 8.92. The highest BCUT2D eigenvalue weighted by Crippen LogP contribution is 2.25. The Balaban J connectivity index is 1.41. The Morgan fingerprint density at radius 2 is 1.96 bits per heavy atom. The number of benzene rings is 2. The number of pyridine rings is 2. The van der Waals surface area contributed by atoms with E-state index in [-0.39, 0.29) is 5.56 Å². The lowest BCUT2D eigenvalue weighted by Gasteiger charge is -2.07. The van der Waals surface area contributed by atoms with Crippen LogP contribution in [0, 0.1) is 0 Å². The molecule has 3 heterocycles. The number of anilines is 1. The number of aromatic amines is 1. The summed E-state index contributed by atoms with van der Waals surface area (Å²) < 4.78 is 5.81. The maximum Gasteiger partial charge on any atom is 0.253 e. The molecule has 0 amide bonds. The van der Waals surface area contributed by atoms with Gasteiger partial charge in [0, 0.05) is 35.7 Å². The summed E-state index contributed by atoms with van der Waals surface area (Å²) in [5.41, 5.74) is 4.57. The van der Waals surface area contributed by atoms with Gasteiger partial charge in [-0.2, -0.15) is 0 Å². The van der Waals surface area contributed by atoms with Gasteiger partial charge >= 0.3 is 0 Å². The van der Waals surface area contributed by atoms with E-state index in [9.17, 15) is 4.79 Å². The van der Waals surface area contributed by atoms with Crippen LogP contribution in [0.3, 0.4) is 0 Å². The van der Waals surface area contributed by atoms with Gasteiger partial charge < -0.3 is 14.7 Å². The molecule has 0 aliphatic heterocycles. The molecule has 28 heavy (non-hydrogen) atoms. The third kappa shape index (κ3) is 3.01. The molecule has 6 heteroatoms. The van der Waals surface area contributed by atoms with E-state index in [1.807, 2.05) is 60.7 Å². The summed E-state index contributed by atoms with van der Waals surface area (Å²) in [6, 6.07) is 19.1. The highest BCUT2D eigenvalue weighted by molar-refractivity contribution is 5.80. The zero-order valence-electron chi connectivity index (χ0n) is 14.8. The van der Waals surface area contributed by atoms with Crippen LogP contribution in [-0.4, -0.2) is 15.0 Å². The van der Waals surface area contributed by atoms with E-state index >= 15 is 0 Å². The molecule has 0 saturated carbocycles. The molecule has 0 aliphatic carbocycles. The van der Waals surface area contributed by atoms with Crippen LogP contribution in [0.4, 0.5) is 5.69 Å². The molecular weight excluding hydrogens is 352 g/mol. The van der Waals surface area contributed by atoms with Crippen molar-refractivity contribution in [3.05, 3.63) is 89.0 Å². The van der Waals surface area contributed by atoms with Crippen molar-refractivity contribution in [1.82, 2.24) is 15.0 Å². The minimum absolute atomic E-state index is 0.0902. The van der Waals surface area contributed by atoms with Crippen molar-refractivity contribution in [3.63, 3.8) is 0 Å². The number of fused-ring (bicyclic) bond motifs is 2. The topological polar surface area (TPSA) is 83.8 Å². The van der Waals surface area contributed by atoms with Crippen LogP contribution in [0.1, 0.15) is 5.56 Å². The van der Waals surface area contributed by atoms with E-state index in [2.05, 4.69) is 20.3 Å². The fraction of sp³-hybridized carbons (Fsp3) is 0.0455. The summed E-state index contributed by atoms with van der Waals surface area (Å²) in [6.45, 7) is 0.416. The van der Waals surface area contributed by atoms with Crippen LogP contribution < -0.4 is 10.9 Å². The minimum Gasteiger partial charge on any atom is -0.436 e. The highest BCUT2D eigenvalue weighted by Gasteiger charge is 2.09. The molecule has 0 saturated heterocycles. The van der Waals surface area contributed by atoms with Gasteiger partial charge in [-0.05, 0) is 47.9 Å². The van der Waals surface area contributed by atoms with Crippen LogP contribution in [0.2, 0.25) is 0 Å². The Morgan fingerprint density at radius 3 is 2.86 bits per heavy atom. The van der Waals surface area contributed by atoms with Crippen LogP contribution in [0.5, 0.6) is 0 Å². The van der Waals surface area contributed by atoms with Crippen molar-refractivity contribution >= 4 is 27.7 Å². The number of H-pyrrole nitrogens is 1. The molecule has 6 nitrogen and oxygen atoms in total. The van der Waals surface area contributed by atoms with Gasteiger partial charge in [-0.25, -0.2) is 4.98 Å². The molecule has 0 spiro atoms. The lowest BCUT2D eigenvalue weighted by molar-refractivity contribution is 0.619. The molecule has 0 bridgehead atoms. The standard InChI is InChI=1S/C22H16N4O2/c27-21-16(10-14-4-1-2-6-18(14)25-21)13-24-17-7-8-20-19(11-17)26-22(28-20)15-5-3-9-23-12-15/h1-12,24H,13H2,(H,25,27). The van der Waals surface area contributed by atoms with Crippen LogP contribution >= 0.6 is 0 Å². The molecule has 0 fully saturated rings. The Bertz CT molecular complexity index is 1340. The average Bonchev–Trinajstić information content (AvgIpc) is 3.16. The average molecular weight is 368 g/mol. The van der Waals surface area contributed by atoms with Crippen molar-refractivity contribution < 1.29 is 4.42 Å². The molecule has 5 rings (SSSR count). The quantitative estimate of drug-likeness (QED) is 0.493. The van der Waals surface area contributed by atoms with Crippen LogP contribution in [0.15, 0.2) is 82.3 Å². The predicted octanol–water partition coefficient (Wildman–Crippen LogP) is 4.34. The van der Waals surface area contributed by atoms with E-state index in [1.54, 1.807) is 12.4 Å². The summed E-state index contributed by atoms with van der Waals surface area (Å²) in [4.78, 5) is 23.9. The number of aromatic nitrogens is 3. The SMILES string of the molecule is O=c1[nH]c2ccccc2cc1CNc1ccc2oc(-c3cccnc3)nc2c1. The second-order valence-electron chi connectivity index (χ2n) is 6.51. The first kappa shape index (κ1) is 16.3. The maximum absolute atomic E-state index is 12.3. The number of hydrogen-bond donors (Lipinski definition) is 2. The first-order chi connectivity index (χ1) is 13.8. The minimum atomic E-state index is -0.0902. The van der Waals surface area contributed by atoms with E-state index in [0.717, 1.165) is 27.7 Å². The Labute approximate surface area is 159 Å². The van der Waals surface area contributed by atoms with Gasteiger partial charge in [0.2, 0.25) is 5.89 Å². The largest absolute Gasteiger partial charge is 0.436 e. The lowest BCUT2D eigenvalue weighted by atomic mass is 10.1. The molecule has 0 atom stereocenters. The van der Waals surface area contributed by atoms with Crippen molar-refractivity contribution in [1.29, 1.82) is 0 Å². The molecule has 5 aromatic rings. The van der Waals surface area contributed by atoms with Gasteiger partial charge in [0.15, 0.2) is 5.58 Å². The lowest BCUT2D eigenvalue weighted by Crippen LogP contribution is -2.15. The summed E-state index contributed by atoms with van der Waals surface area (Å²) in [5.74, 6) is 0.534. The second-order valence-corrected chi connectivity index (χ2v) is 6.51. The van der Waals surface area contributed by atoms with E-state index in [1.165, 1.54) is 0 Å². The van der Waals surface area contributed by atoms with Gasteiger partial charge in [-0.15, -0.1) is 0 Å². The summed E-state index contributed by atoms with van der Waals surface area (Å²) in [5, 5.41) is 4.30. The monoisotopic (exact) mass is 368 g/mol. The van der Waals surface area contributed by atoms with Crippen molar-refractivity contribution in [2.45, 2.75) is 6.54 Å². The normalized spacial score (nSPS) is 11.1. The third-order valence-electron chi connectivity index (χ3n) is 4.61. The molecule has 2 N–H and O–H groups in total. The van der Waals surface area contributed by atoms with Crippen LogP contribution in [-0.2, 0) is 6.54 Å². The van der Waals surface area contributed by atoms with Gasteiger partial charge in [-0.1, -0.05) is 18.2 Å². The third-order valence-corrected chi connectivity index (χ3v) is 4.61. The molecule has 0 aliphatic rings. The van der Waals surface area contributed by atoms with Gasteiger partial charge in [-0.3, -0.25) is 9.78 Å². The molecule has 3 aromatic heterocycles. The fourth-order valence-corrected chi connectivity index (χ4v) is 3.17. The summed E-state index contributed by atoms with van der Waals surface area (Å²) >= 11 is 0. The molecular formula is C22H16N4O2. The van der Waals surface area contributed by atoms with E-state index in [0.29, 0.717) is 23.6 Å². The second kappa shape index (κ2) is 6.66. The van der Waals surface area contributed by atoms with Crippen LogP contribution in [0.25, 0.3) is 33.5 Å².